The van der Waals surface area contributed by atoms with Crippen molar-refractivity contribution in [2.24, 2.45) is 5.92 Å². The van der Waals surface area contributed by atoms with E-state index < -0.39 is 0 Å². The summed E-state index contributed by atoms with van der Waals surface area (Å²) in [5.74, 6) is 0.335. The minimum atomic E-state index is -0.271. The summed E-state index contributed by atoms with van der Waals surface area (Å²) < 4.78 is 13.4. The van der Waals surface area contributed by atoms with Gasteiger partial charge in [-0.15, -0.1) is 0 Å². The minimum Gasteiger partial charge on any atom is -0.319 e. The zero-order valence-corrected chi connectivity index (χ0v) is 12.6. The Hall–Kier alpha value is -1.42. The average molecular weight is 278 g/mol. The van der Waals surface area contributed by atoms with Crippen LogP contribution in [-0.4, -0.2) is 22.9 Å². The second-order valence-corrected chi connectivity index (χ2v) is 6.07. The van der Waals surface area contributed by atoms with Gasteiger partial charge < -0.3 is 4.90 Å². The minimum absolute atomic E-state index is 0.0902. The number of nitrogens with zero attached hydrogens (tertiary/aromatic N) is 1. The number of benzene rings is 1. The van der Waals surface area contributed by atoms with Crippen molar-refractivity contribution in [1.82, 2.24) is 10.2 Å². The average Bonchev–Trinajstić information content (AvgIpc) is 2.65. The number of carbonyl (C=O) groups excluding carboxylic acids is 1. The molecule has 0 aliphatic carbocycles. The van der Waals surface area contributed by atoms with E-state index in [1.54, 1.807) is 6.07 Å². The molecule has 1 amide bonds. The van der Waals surface area contributed by atoms with Gasteiger partial charge in [0.25, 0.3) is 0 Å². The van der Waals surface area contributed by atoms with Crippen LogP contribution in [0.4, 0.5) is 4.39 Å². The summed E-state index contributed by atoms with van der Waals surface area (Å²) in [6.07, 6.45) is 0.702. The van der Waals surface area contributed by atoms with Crippen molar-refractivity contribution >= 4 is 5.91 Å². The number of carbonyl (C=O) groups is 1. The first-order valence-corrected chi connectivity index (χ1v) is 7.24. The van der Waals surface area contributed by atoms with E-state index in [2.05, 4.69) is 26.1 Å². The number of hydrogen-bond acceptors (Lipinski definition) is 2. The zero-order chi connectivity index (χ0) is 14.9. The van der Waals surface area contributed by atoms with E-state index in [4.69, 9.17) is 0 Å². The predicted octanol–water partition coefficient (Wildman–Crippen LogP) is 3.08. The van der Waals surface area contributed by atoms with Crippen LogP contribution in [0, 0.1) is 11.7 Å². The Morgan fingerprint density at radius 2 is 2.05 bits per heavy atom. The van der Waals surface area contributed by atoms with Crippen molar-refractivity contribution in [3.05, 3.63) is 35.6 Å². The highest BCUT2D eigenvalue weighted by molar-refractivity contribution is 5.84. The van der Waals surface area contributed by atoms with Crippen molar-refractivity contribution < 1.29 is 9.18 Å². The van der Waals surface area contributed by atoms with Gasteiger partial charge in [0, 0.05) is 6.04 Å². The summed E-state index contributed by atoms with van der Waals surface area (Å²) >= 11 is 0. The lowest BCUT2D eigenvalue weighted by atomic mass is 10.0. The Kier molecular flexibility index (Phi) is 4.43. The highest BCUT2D eigenvalue weighted by Gasteiger charge is 2.39. The molecule has 110 valence electrons. The molecular formula is C16H23FN2O. The fraction of sp³-hybridized carbons (Fsp3) is 0.562. The molecule has 0 radical (unpaired) electrons. The molecule has 1 heterocycles. The molecule has 1 aromatic rings. The molecule has 3 atom stereocenters. The molecule has 1 aliphatic rings. The number of hydrogen-bond donors (Lipinski definition) is 1. The third kappa shape index (κ3) is 3.01. The molecule has 2 rings (SSSR count). The molecule has 0 spiro atoms. The fourth-order valence-corrected chi connectivity index (χ4v) is 2.94. The largest absolute Gasteiger partial charge is 0.319 e. The second kappa shape index (κ2) is 5.92. The van der Waals surface area contributed by atoms with Crippen molar-refractivity contribution in [2.45, 2.75) is 52.4 Å². The number of halogens is 1. The lowest BCUT2D eigenvalue weighted by molar-refractivity contribution is -0.132. The van der Waals surface area contributed by atoms with E-state index in [1.807, 2.05) is 17.9 Å². The van der Waals surface area contributed by atoms with Crippen LogP contribution in [0.25, 0.3) is 0 Å². The predicted molar refractivity (Wildman–Crippen MR) is 77.5 cm³/mol. The van der Waals surface area contributed by atoms with Crippen LogP contribution >= 0.6 is 0 Å². The fourth-order valence-electron chi connectivity index (χ4n) is 2.94. The number of amides is 1. The Balaban J connectivity index is 2.28. The second-order valence-electron chi connectivity index (χ2n) is 6.07. The van der Waals surface area contributed by atoms with Crippen LogP contribution in [0.2, 0.25) is 0 Å². The maximum atomic E-state index is 13.4. The first-order valence-electron chi connectivity index (χ1n) is 7.24. The van der Waals surface area contributed by atoms with Crippen LogP contribution in [0.15, 0.2) is 24.3 Å². The van der Waals surface area contributed by atoms with Crippen LogP contribution < -0.4 is 5.32 Å². The smallest absolute Gasteiger partial charge is 0.241 e. The van der Waals surface area contributed by atoms with Gasteiger partial charge in [-0.2, -0.15) is 0 Å². The van der Waals surface area contributed by atoms with E-state index >= 15 is 0 Å². The van der Waals surface area contributed by atoms with Gasteiger partial charge in [-0.25, -0.2) is 4.39 Å². The van der Waals surface area contributed by atoms with E-state index in [-0.39, 0.29) is 30.0 Å². The molecule has 3 unspecified atom stereocenters. The standard InChI is InChI=1S/C16H23FN2O/c1-10(2)8-11(3)19-15(18-12(4)16(19)20)13-6-5-7-14(17)9-13/h5-7,9-12,15,18H,8H2,1-4H3. The lowest BCUT2D eigenvalue weighted by Crippen LogP contribution is -2.39. The Labute approximate surface area is 120 Å². The Morgan fingerprint density at radius 1 is 1.35 bits per heavy atom. The zero-order valence-electron chi connectivity index (χ0n) is 12.6. The summed E-state index contributed by atoms with van der Waals surface area (Å²) in [4.78, 5) is 14.2. The van der Waals surface area contributed by atoms with Gasteiger partial charge in [0.15, 0.2) is 0 Å². The van der Waals surface area contributed by atoms with Gasteiger partial charge in [0.2, 0.25) is 5.91 Å². The normalized spacial score (nSPS) is 24.5. The van der Waals surface area contributed by atoms with Crippen LogP contribution in [0.5, 0.6) is 0 Å². The molecule has 1 aliphatic heterocycles. The summed E-state index contributed by atoms with van der Waals surface area (Å²) in [6, 6.07) is 6.38. The van der Waals surface area contributed by atoms with Crippen molar-refractivity contribution in [1.29, 1.82) is 0 Å². The monoisotopic (exact) mass is 278 g/mol. The summed E-state index contributed by atoms with van der Waals surface area (Å²) in [5.41, 5.74) is 0.804. The maximum absolute atomic E-state index is 13.4. The first-order chi connectivity index (χ1) is 9.40. The Bertz CT molecular complexity index is 489. The van der Waals surface area contributed by atoms with Crippen LogP contribution in [-0.2, 0) is 4.79 Å². The van der Waals surface area contributed by atoms with Gasteiger partial charge in [-0.1, -0.05) is 26.0 Å². The number of rotatable bonds is 4. The van der Waals surface area contributed by atoms with Gasteiger partial charge in [-0.3, -0.25) is 10.1 Å². The van der Waals surface area contributed by atoms with Gasteiger partial charge >= 0.3 is 0 Å². The van der Waals surface area contributed by atoms with Crippen LogP contribution in [0.3, 0.4) is 0 Å². The molecule has 0 aromatic heterocycles. The van der Waals surface area contributed by atoms with E-state index in [1.165, 1.54) is 12.1 Å². The molecule has 1 N–H and O–H groups in total. The summed E-state index contributed by atoms with van der Waals surface area (Å²) in [7, 11) is 0. The summed E-state index contributed by atoms with van der Waals surface area (Å²) in [5, 5.41) is 3.26. The van der Waals surface area contributed by atoms with Gasteiger partial charge in [-0.05, 0) is 43.9 Å². The molecule has 1 aromatic carbocycles. The van der Waals surface area contributed by atoms with Crippen molar-refractivity contribution in [3.63, 3.8) is 0 Å². The molecule has 1 saturated heterocycles. The molecule has 1 fully saturated rings. The maximum Gasteiger partial charge on any atom is 0.241 e. The summed E-state index contributed by atoms with van der Waals surface area (Å²) in [6.45, 7) is 8.21. The van der Waals surface area contributed by atoms with Crippen molar-refractivity contribution in [2.75, 3.05) is 0 Å². The third-order valence-electron chi connectivity index (χ3n) is 3.76. The lowest BCUT2D eigenvalue weighted by Gasteiger charge is -2.31. The quantitative estimate of drug-likeness (QED) is 0.918. The van der Waals surface area contributed by atoms with E-state index in [9.17, 15) is 9.18 Å². The molecule has 20 heavy (non-hydrogen) atoms. The van der Waals surface area contributed by atoms with Crippen molar-refractivity contribution in [3.8, 4) is 0 Å². The molecule has 0 bridgehead atoms. The molecule has 4 heteroatoms. The first kappa shape index (κ1) is 15.0. The topological polar surface area (TPSA) is 32.3 Å². The van der Waals surface area contributed by atoms with Gasteiger partial charge in [0.05, 0.1) is 6.04 Å². The third-order valence-corrected chi connectivity index (χ3v) is 3.76. The highest BCUT2D eigenvalue weighted by atomic mass is 19.1. The SMILES string of the molecule is CC(C)CC(C)N1C(=O)C(C)NC1c1cccc(F)c1. The molecular weight excluding hydrogens is 255 g/mol. The Morgan fingerprint density at radius 3 is 2.65 bits per heavy atom. The highest BCUT2D eigenvalue weighted by Crippen LogP contribution is 2.29. The van der Waals surface area contributed by atoms with E-state index in [0.29, 0.717) is 5.92 Å². The van der Waals surface area contributed by atoms with E-state index in [0.717, 1.165) is 12.0 Å². The van der Waals surface area contributed by atoms with Crippen LogP contribution in [0.1, 0.15) is 45.8 Å². The number of nitrogens with one attached hydrogen (secondary N) is 1. The molecule has 0 saturated carbocycles. The van der Waals surface area contributed by atoms with Gasteiger partial charge in [0.1, 0.15) is 12.0 Å². The molecule has 3 nitrogen and oxygen atoms in total.